The molecule has 2 aromatic carbocycles. The number of hydrogen-bond acceptors (Lipinski definition) is 6. The van der Waals surface area contributed by atoms with Crippen molar-refractivity contribution in [3.05, 3.63) is 52.8 Å². The molecule has 1 fully saturated rings. The van der Waals surface area contributed by atoms with E-state index in [-0.39, 0.29) is 40.4 Å². The van der Waals surface area contributed by atoms with Crippen molar-refractivity contribution in [1.82, 2.24) is 10.2 Å². The van der Waals surface area contributed by atoms with Crippen LogP contribution in [0, 0.1) is 5.82 Å². The van der Waals surface area contributed by atoms with Crippen molar-refractivity contribution in [3.8, 4) is 11.5 Å². The minimum atomic E-state index is -0.327. The summed E-state index contributed by atoms with van der Waals surface area (Å²) in [6, 6.07) is 8.80. The van der Waals surface area contributed by atoms with E-state index in [4.69, 9.17) is 25.8 Å². The Morgan fingerprint density at radius 2 is 1.94 bits per heavy atom. The number of nitrogens with one attached hydrogen (secondary N) is 2. The van der Waals surface area contributed by atoms with Gasteiger partial charge in [0.15, 0.2) is 0 Å². The Hall–Kier alpha value is -2.88. The van der Waals surface area contributed by atoms with Gasteiger partial charge >= 0.3 is 0 Å². The number of methoxy groups -OCH3 is 2. The van der Waals surface area contributed by atoms with Crippen LogP contribution in [0.1, 0.15) is 30.1 Å². The van der Waals surface area contributed by atoms with Crippen LogP contribution in [0.4, 0.5) is 10.1 Å². The van der Waals surface area contributed by atoms with Gasteiger partial charge in [0, 0.05) is 39.7 Å². The molecule has 2 aromatic rings. The standard InChI is InChI=1S/C25H31ClFN3O5/c1-16(31)28-22-14-23(33-2)19(13-20(22)26)25(32)29-21-9-11-30(15-24(21)34-3)10-4-12-35-18-7-5-17(27)6-8-18/h5-8,13-14,21,24H,4,9-12,15H2,1-3H3,(H,28,31)(H,29,32)/t21-,24+/m0/s1. The van der Waals surface area contributed by atoms with Crippen molar-refractivity contribution in [1.29, 1.82) is 0 Å². The molecule has 1 aliphatic rings. The van der Waals surface area contributed by atoms with Gasteiger partial charge in [0.05, 0.1) is 42.1 Å². The second-order valence-electron chi connectivity index (χ2n) is 8.31. The zero-order valence-electron chi connectivity index (χ0n) is 20.1. The molecule has 2 atom stereocenters. The predicted molar refractivity (Wildman–Crippen MR) is 132 cm³/mol. The fraction of sp³-hybridized carbons (Fsp3) is 0.440. The maximum Gasteiger partial charge on any atom is 0.255 e. The van der Waals surface area contributed by atoms with Crippen LogP contribution >= 0.6 is 11.6 Å². The van der Waals surface area contributed by atoms with Crippen LogP contribution in [-0.2, 0) is 9.53 Å². The number of anilines is 1. The Balaban J connectivity index is 1.53. The number of likely N-dealkylation sites (tertiary alicyclic amines) is 1. The molecule has 0 spiro atoms. The fourth-order valence-electron chi connectivity index (χ4n) is 4.03. The first-order valence-corrected chi connectivity index (χ1v) is 11.8. The van der Waals surface area contributed by atoms with Crippen LogP contribution in [0.5, 0.6) is 11.5 Å². The molecule has 2 amide bonds. The van der Waals surface area contributed by atoms with Gasteiger partial charge in [-0.05, 0) is 43.2 Å². The Kier molecular flexibility index (Phi) is 9.71. The number of carbonyl (C=O) groups excluding carboxylic acids is 2. The zero-order chi connectivity index (χ0) is 25.4. The van der Waals surface area contributed by atoms with Gasteiger partial charge in [-0.1, -0.05) is 11.6 Å². The lowest BCUT2D eigenvalue weighted by Crippen LogP contribution is -2.55. The monoisotopic (exact) mass is 507 g/mol. The minimum absolute atomic E-state index is 0.183. The van der Waals surface area contributed by atoms with Gasteiger partial charge < -0.3 is 29.7 Å². The molecule has 1 aliphatic heterocycles. The second kappa shape index (κ2) is 12.7. The van der Waals surface area contributed by atoms with Crippen molar-refractivity contribution >= 4 is 29.1 Å². The second-order valence-corrected chi connectivity index (χ2v) is 8.72. The summed E-state index contributed by atoms with van der Waals surface area (Å²) < 4.78 is 29.7. The van der Waals surface area contributed by atoms with Gasteiger partial charge in [-0.2, -0.15) is 0 Å². The van der Waals surface area contributed by atoms with Crippen molar-refractivity contribution in [2.45, 2.75) is 31.9 Å². The Morgan fingerprint density at radius 3 is 2.60 bits per heavy atom. The summed E-state index contributed by atoms with van der Waals surface area (Å²) in [6.07, 6.45) is 1.33. The maximum atomic E-state index is 13.0. The van der Waals surface area contributed by atoms with Gasteiger partial charge in [0.1, 0.15) is 17.3 Å². The molecule has 1 saturated heterocycles. The smallest absolute Gasteiger partial charge is 0.255 e. The number of nitrogens with zero attached hydrogens (tertiary/aromatic N) is 1. The predicted octanol–water partition coefficient (Wildman–Crippen LogP) is 3.73. The van der Waals surface area contributed by atoms with Crippen molar-refractivity contribution in [2.24, 2.45) is 0 Å². The highest BCUT2D eigenvalue weighted by Crippen LogP contribution is 2.31. The fourth-order valence-corrected chi connectivity index (χ4v) is 4.24. The zero-order valence-corrected chi connectivity index (χ0v) is 20.9. The van der Waals surface area contributed by atoms with Gasteiger partial charge in [-0.3, -0.25) is 9.59 Å². The molecule has 0 bridgehead atoms. The van der Waals surface area contributed by atoms with E-state index < -0.39 is 0 Å². The van der Waals surface area contributed by atoms with Gasteiger partial charge in [0.2, 0.25) is 5.91 Å². The van der Waals surface area contributed by atoms with Crippen LogP contribution < -0.4 is 20.1 Å². The lowest BCUT2D eigenvalue weighted by atomic mass is 10.0. The van der Waals surface area contributed by atoms with Gasteiger partial charge in [-0.15, -0.1) is 0 Å². The number of carbonyl (C=O) groups is 2. The van der Waals surface area contributed by atoms with Crippen LogP contribution in [0.15, 0.2) is 36.4 Å². The van der Waals surface area contributed by atoms with Gasteiger partial charge in [0.25, 0.3) is 5.91 Å². The molecule has 0 unspecified atom stereocenters. The Labute approximate surface area is 209 Å². The van der Waals surface area contributed by atoms with Crippen LogP contribution in [0.3, 0.4) is 0 Å². The molecule has 8 nitrogen and oxygen atoms in total. The minimum Gasteiger partial charge on any atom is -0.496 e. The number of amides is 2. The normalized spacial score (nSPS) is 18.1. The first kappa shape index (κ1) is 26.7. The average Bonchev–Trinajstić information content (AvgIpc) is 2.84. The largest absolute Gasteiger partial charge is 0.496 e. The van der Waals surface area contributed by atoms with E-state index in [9.17, 15) is 14.0 Å². The lowest BCUT2D eigenvalue weighted by molar-refractivity contribution is -0.114. The highest BCUT2D eigenvalue weighted by atomic mass is 35.5. The van der Waals surface area contributed by atoms with Crippen LogP contribution in [-0.4, -0.2) is 69.3 Å². The van der Waals surface area contributed by atoms with E-state index in [0.717, 1.165) is 19.5 Å². The van der Waals surface area contributed by atoms with Crippen LogP contribution in [0.25, 0.3) is 0 Å². The van der Waals surface area contributed by atoms with E-state index >= 15 is 0 Å². The molecule has 0 aromatic heterocycles. The summed E-state index contributed by atoms with van der Waals surface area (Å²) in [4.78, 5) is 26.7. The highest BCUT2D eigenvalue weighted by molar-refractivity contribution is 6.34. The molecule has 10 heteroatoms. The quantitative estimate of drug-likeness (QED) is 0.476. The summed E-state index contributed by atoms with van der Waals surface area (Å²) in [5.41, 5.74) is 0.654. The molecular weight excluding hydrogens is 477 g/mol. The number of ether oxygens (including phenoxy) is 3. The first-order chi connectivity index (χ1) is 16.8. The van der Waals surface area contributed by atoms with Gasteiger partial charge in [-0.25, -0.2) is 4.39 Å². The molecule has 2 N–H and O–H groups in total. The molecule has 3 rings (SSSR count). The topological polar surface area (TPSA) is 89.1 Å². The number of benzene rings is 2. The van der Waals surface area contributed by atoms with E-state index in [0.29, 0.717) is 36.8 Å². The Morgan fingerprint density at radius 1 is 1.20 bits per heavy atom. The first-order valence-electron chi connectivity index (χ1n) is 11.4. The third kappa shape index (κ3) is 7.55. The third-order valence-electron chi connectivity index (χ3n) is 5.81. The molecule has 1 heterocycles. The molecule has 0 aliphatic carbocycles. The third-order valence-corrected chi connectivity index (χ3v) is 6.12. The molecule has 0 saturated carbocycles. The number of piperidine rings is 1. The summed E-state index contributed by atoms with van der Waals surface area (Å²) in [5.74, 6) is 0.0575. The molecular formula is C25H31ClFN3O5. The summed E-state index contributed by atoms with van der Waals surface area (Å²) >= 11 is 6.26. The molecule has 190 valence electrons. The average molecular weight is 508 g/mol. The highest BCUT2D eigenvalue weighted by Gasteiger charge is 2.31. The summed E-state index contributed by atoms with van der Waals surface area (Å²) in [6.45, 7) is 4.17. The van der Waals surface area contributed by atoms with Crippen LogP contribution in [0.2, 0.25) is 5.02 Å². The van der Waals surface area contributed by atoms with E-state index in [1.54, 1.807) is 19.2 Å². The molecule has 35 heavy (non-hydrogen) atoms. The number of rotatable bonds is 10. The van der Waals surface area contributed by atoms with E-state index in [1.807, 2.05) is 0 Å². The Bertz CT molecular complexity index is 1020. The van der Waals surface area contributed by atoms with Crippen molar-refractivity contribution in [3.63, 3.8) is 0 Å². The SMILES string of the molecule is COc1cc(NC(C)=O)c(Cl)cc1C(=O)N[C@H]1CCN(CCCOc2ccc(F)cc2)C[C@H]1OC. The van der Waals surface area contributed by atoms with E-state index in [1.165, 1.54) is 38.3 Å². The molecule has 0 radical (unpaired) electrons. The maximum absolute atomic E-state index is 13.0. The van der Waals surface area contributed by atoms with Crippen molar-refractivity contribution < 1.29 is 28.2 Å². The number of hydrogen-bond donors (Lipinski definition) is 2. The van der Waals surface area contributed by atoms with Crippen molar-refractivity contribution in [2.75, 3.05) is 45.8 Å². The summed E-state index contributed by atoms with van der Waals surface area (Å²) in [5, 5.41) is 5.90. The number of halogens is 2. The lowest BCUT2D eigenvalue weighted by Gasteiger charge is -2.38. The van der Waals surface area contributed by atoms with E-state index in [2.05, 4.69) is 15.5 Å². The summed E-state index contributed by atoms with van der Waals surface area (Å²) in [7, 11) is 3.08.